The standard InChI is InChI=1S/C30H31ClN4O3/c31-28-9-5-4-8-25(28)16-17-33-29(36)20-35(30(37)15-12-26-18-32-22-34-26)19-23-10-13-27(14-11-23)38-21-24-6-2-1-3-7-24/h1-11,13-14,18,22H,12,15-17,19-21H2,(H,32,34)(H,33,36). The Hall–Kier alpha value is -4.10. The first-order chi connectivity index (χ1) is 18.6. The van der Waals surface area contributed by atoms with Crippen LogP contribution in [0.15, 0.2) is 91.4 Å². The van der Waals surface area contributed by atoms with Crippen LogP contribution in [0.5, 0.6) is 5.75 Å². The topological polar surface area (TPSA) is 87.3 Å². The summed E-state index contributed by atoms with van der Waals surface area (Å²) in [6.07, 6.45) is 4.70. The van der Waals surface area contributed by atoms with Crippen LogP contribution in [-0.4, -0.2) is 39.8 Å². The van der Waals surface area contributed by atoms with Gasteiger partial charge in [0.15, 0.2) is 0 Å². The Morgan fingerprint density at radius 3 is 2.42 bits per heavy atom. The van der Waals surface area contributed by atoms with Gasteiger partial charge in [-0.1, -0.05) is 72.3 Å². The van der Waals surface area contributed by atoms with Gasteiger partial charge in [-0.25, -0.2) is 4.98 Å². The number of hydrogen-bond donors (Lipinski definition) is 2. The Balaban J connectivity index is 1.34. The molecule has 4 rings (SSSR count). The minimum Gasteiger partial charge on any atom is -0.489 e. The van der Waals surface area contributed by atoms with Crippen molar-refractivity contribution in [2.24, 2.45) is 0 Å². The van der Waals surface area contributed by atoms with Crippen molar-refractivity contribution in [1.82, 2.24) is 20.2 Å². The summed E-state index contributed by atoms with van der Waals surface area (Å²) < 4.78 is 5.87. The maximum absolute atomic E-state index is 13.1. The molecule has 0 saturated carbocycles. The average molecular weight is 531 g/mol. The summed E-state index contributed by atoms with van der Waals surface area (Å²) in [6.45, 7) is 1.20. The van der Waals surface area contributed by atoms with Gasteiger partial charge in [0.1, 0.15) is 12.4 Å². The molecule has 8 heteroatoms. The monoisotopic (exact) mass is 530 g/mol. The molecule has 4 aromatic rings. The molecule has 2 N–H and O–H groups in total. The molecule has 0 aliphatic rings. The fourth-order valence-electron chi connectivity index (χ4n) is 3.97. The Morgan fingerprint density at radius 2 is 1.68 bits per heavy atom. The van der Waals surface area contributed by atoms with Crippen LogP contribution in [0.25, 0.3) is 0 Å². The summed E-state index contributed by atoms with van der Waals surface area (Å²) >= 11 is 6.21. The number of aryl methyl sites for hydroxylation is 1. The molecule has 0 unspecified atom stereocenters. The minimum absolute atomic E-state index is 0.0312. The SMILES string of the molecule is O=C(CN(Cc1ccc(OCc2ccccc2)cc1)C(=O)CCc1cnc[nH]1)NCCc1ccccc1Cl. The fraction of sp³-hybridized carbons (Fsp3) is 0.233. The number of ether oxygens (including phenoxy) is 1. The summed E-state index contributed by atoms with van der Waals surface area (Å²) in [7, 11) is 0. The lowest BCUT2D eigenvalue weighted by Crippen LogP contribution is -2.41. The van der Waals surface area contributed by atoms with Crippen molar-refractivity contribution >= 4 is 23.4 Å². The van der Waals surface area contributed by atoms with Gasteiger partial charge >= 0.3 is 0 Å². The van der Waals surface area contributed by atoms with Gasteiger partial charge in [0.2, 0.25) is 11.8 Å². The fourth-order valence-corrected chi connectivity index (χ4v) is 4.20. The summed E-state index contributed by atoms with van der Waals surface area (Å²) in [5.74, 6) is 0.423. The highest BCUT2D eigenvalue weighted by Crippen LogP contribution is 2.17. The lowest BCUT2D eigenvalue weighted by Gasteiger charge is -2.23. The number of nitrogens with one attached hydrogen (secondary N) is 2. The van der Waals surface area contributed by atoms with Crippen LogP contribution in [0.3, 0.4) is 0 Å². The van der Waals surface area contributed by atoms with Gasteiger partial charge in [-0.3, -0.25) is 9.59 Å². The van der Waals surface area contributed by atoms with Gasteiger partial charge in [0, 0.05) is 36.4 Å². The molecular formula is C30H31ClN4O3. The van der Waals surface area contributed by atoms with E-state index in [-0.39, 0.29) is 24.8 Å². The van der Waals surface area contributed by atoms with Crippen LogP contribution in [0.4, 0.5) is 0 Å². The van der Waals surface area contributed by atoms with Crippen LogP contribution in [0, 0.1) is 0 Å². The van der Waals surface area contributed by atoms with E-state index < -0.39 is 0 Å². The van der Waals surface area contributed by atoms with Crippen molar-refractivity contribution in [3.05, 3.63) is 119 Å². The zero-order valence-corrected chi connectivity index (χ0v) is 21.9. The smallest absolute Gasteiger partial charge is 0.239 e. The maximum Gasteiger partial charge on any atom is 0.239 e. The number of nitrogens with zero attached hydrogens (tertiary/aromatic N) is 2. The molecule has 0 fully saturated rings. The molecule has 0 radical (unpaired) electrons. The van der Waals surface area contributed by atoms with Crippen LogP contribution < -0.4 is 10.1 Å². The van der Waals surface area contributed by atoms with E-state index in [1.165, 1.54) is 0 Å². The Kier molecular flexibility index (Phi) is 9.93. The predicted molar refractivity (Wildman–Crippen MR) is 148 cm³/mol. The van der Waals surface area contributed by atoms with Crippen molar-refractivity contribution in [3.63, 3.8) is 0 Å². The molecule has 0 aliphatic heterocycles. The van der Waals surface area contributed by atoms with Crippen molar-refractivity contribution in [2.75, 3.05) is 13.1 Å². The number of halogens is 1. The third kappa shape index (κ3) is 8.49. The zero-order valence-electron chi connectivity index (χ0n) is 21.1. The highest BCUT2D eigenvalue weighted by Gasteiger charge is 2.18. The van der Waals surface area contributed by atoms with Gasteiger partial charge in [0.05, 0.1) is 12.9 Å². The molecule has 1 heterocycles. The third-order valence-electron chi connectivity index (χ3n) is 6.07. The largest absolute Gasteiger partial charge is 0.489 e. The molecule has 7 nitrogen and oxygen atoms in total. The van der Waals surface area contributed by atoms with Crippen LogP contribution in [0.1, 0.15) is 28.8 Å². The summed E-state index contributed by atoms with van der Waals surface area (Å²) in [6, 6.07) is 25.1. The molecule has 0 bridgehead atoms. The van der Waals surface area contributed by atoms with Crippen molar-refractivity contribution in [3.8, 4) is 5.75 Å². The molecule has 38 heavy (non-hydrogen) atoms. The van der Waals surface area contributed by atoms with Crippen LogP contribution >= 0.6 is 11.6 Å². The molecular weight excluding hydrogens is 500 g/mol. The Labute approximate surface area is 227 Å². The number of carbonyl (C=O) groups is 2. The number of aromatic nitrogens is 2. The van der Waals surface area contributed by atoms with Gasteiger partial charge in [-0.15, -0.1) is 0 Å². The first-order valence-electron chi connectivity index (χ1n) is 12.6. The van der Waals surface area contributed by atoms with Crippen molar-refractivity contribution in [2.45, 2.75) is 32.4 Å². The number of benzene rings is 3. The molecule has 3 aromatic carbocycles. The first kappa shape index (κ1) is 26.9. The molecule has 2 amide bonds. The van der Waals surface area contributed by atoms with Gasteiger partial charge < -0.3 is 19.9 Å². The number of carbonyl (C=O) groups excluding carboxylic acids is 2. The highest BCUT2D eigenvalue weighted by atomic mass is 35.5. The number of H-pyrrole nitrogens is 1. The summed E-state index contributed by atoms with van der Waals surface area (Å²) in [5, 5.41) is 3.59. The lowest BCUT2D eigenvalue weighted by molar-refractivity contribution is -0.136. The maximum atomic E-state index is 13.1. The number of amides is 2. The summed E-state index contributed by atoms with van der Waals surface area (Å²) in [5.41, 5.74) is 3.85. The molecule has 0 saturated heterocycles. The van der Waals surface area contributed by atoms with E-state index in [0.29, 0.717) is 37.6 Å². The number of aromatic amines is 1. The number of rotatable bonds is 13. The van der Waals surface area contributed by atoms with E-state index in [0.717, 1.165) is 28.1 Å². The van der Waals surface area contributed by atoms with Crippen LogP contribution in [0.2, 0.25) is 5.02 Å². The van der Waals surface area contributed by atoms with Gasteiger partial charge in [-0.2, -0.15) is 0 Å². The molecule has 0 atom stereocenters. The predicted octanol–water partition coefficient (Wildman–Crippen LogP) is 4.96. The second-order valence-electron chi connectivity index (χ2n) is 8.94. The summed E-state index contributed by atoms with van der Waals surface area (Å²) in [4.78, 5) is 34.5. The van der Waals surface area contributed by atoms with Gasteiger partial charge in [-0.05, 0) is 47.7 Å². The highest BCUT2D eigenvalue weighted by molar-refractivity contribution is 6.31. The molecule has 0 aliphatic carbocycles. The quantitative estimate of drug-likeness (QED) is 0.256. The second kappa shape index (κ2) is 14.0. The number of imidazole rings is 1. The lowest BCUT2D eigenvalue weighted by atomic mass is 10.1. The van der Waals surface area contributed by atoms with E-state index >= 15 is 0 Å². The van der Waals surface area contributed by atoms with Crippen LogP contribution in [-0.2, 0) is 35.6 Å². The second-order valence-corrected chi connectivity index (χ2v) is 9.34. The van der Waals surface area contributed by atoms with Gasteiger partial charge in [0.25, 0.3) is 0 Å². The van der Waals surface area contributed by atoms with E-state index in [1.807, 2.05) is 78.9 Å². The first-order valence-corrected chi connectivity index (χ1v) is 13.0. The normalized spacial score (nSPS) is 10.7. The van der Waals surface area contributed by atoms with E-state index in [4.69, 9.17) is 16.3 Å². The van der Waals surface area contributed by atoms with E-state index in [1.54, 1.807) is 17.4 Å². The van der Waals surface area contributed by atoms with E-state index in [9.17, 15) is 9.59 Å². The zero-order chi connectivity index (χ0) is 26.6. The average Bonchev–Trinajstić information content (AvgIpc) is 3.46. The third-order valence-corrected chi connectivity index (χ3v) is 6.44. The van der Waals surface area contributed by atoms with Crippen molar-refractivity contribution in [1.29, 1.82) is 0 Å². The van der Waals surface area contributed by atoms with Crippen molar-refractivity contribution < 1.29 is 14.3 Å². The number of hydrogen-bond acceptors (Lipinski definition) is 4. The van der Waals surface area contributed by atoms with E-state index in [2.05, 4.69) is 15.3 Å². The molecule has 1 aromatic heterocycles. The Morgan fingerprint density at radius 1 is 0.921 bits per heavy atom. The molecule has 196 valence electrons. The molecule has 0 spiro atoms. The minimum atomic E-state index is -0.213. The Bertz CT molecular complexity index is 1290.